The molecule has 1 aromatic rings. The molecule has 0 amide bonds. The van der Waals surface area contributed by atoms with Crippen molar-refractivity contribution in [2.24, 2.45) is 0 Å². The van der Waals surface area contributed by atoms with E-state index >= 15 is 0 Å². The molecule has 1 atom stereocenters. The summed E-state index contributed by atoms with van der Waals surface area (Å²) >= 11 is 5.04. The van der Waals surface area contributed by atoms with Crippen molar-refractivity contribution in [3.63, 3.8) is 0 Å². The van der Waals surface area contributed by atoms with Gasteiger partial charge in [0.25, 0.3) is 0 Å². The number of Topliss-reactive ketones (excluding diaryl/α,β-unsaturated/α-hetero) is 1. The van der Waals surface area contributed by atoms with Crippen LogP contribution >= 0.6 is 27.7 Å². The predicted octanol–water partition coefficient (Wildman–Crippen LogP) is 2.83. The monoisotopic (exact) mass is 318 g/mol. The van der Waals surface area contributed by atoms with E-state index in [1.54, 1.807) is 17.8 Å². The van der Waals surface area contributed by atoms with Crippen LogP contribution in [0.5, 0.6) is 0 Å². The third-order valence-corrected chi connectivity index (χ3v) is 4.31. The average molecular weight is 319 g/mol. The fourth-order valence-corrected chi connectivity index (χ4v) is 2.92. The molecule has 1 unspecified atom stereocenters. The van der Waals surface area contributed by atoms with E-state index in [2.05, 4.69) is 15.9 Å². The van der Waals surface area contributed by atoms with Gasteiger partial charge in [-0.2, -0.15) is 11.8 Å². The maximum atomic E-state index is 13.1. The molecule has 1 fully saturated rings. The minimum Gasteiger partial charge on any atom is -0.369 e. The Hall–Kier alpha value is -0.390. The number of halogens is 2. The Labute approximate surface area is 112 Å². The molecule has 5 heteroatoms. The number of hydrogen-bond donors (Lipinski definition) is 0. The quantitative estimate of drug-likeness (QED) is 0.857. The van der Waals surface area contributed by atoms with Gasteiger partial charge in [0.05, 0.1) is 6.61 Å². The molecule has 2 nitrogen and oxygen atoms in total. The minimum atomic E-state index is -0.344. The summed E-state index contributed by atoms with van der Waals surface area (Å²) in [4.78, 5) is 11.9. The van der Waals surface area contributed by atoms with Crippen LogP contribution < -0.4 is 0 Å². The minimum absolute atomic E-state index is 0.0171. The second kappa shape index (κ2) is 5.98. The van der Waals surface area contributed by atoms with E-state index in [-0.39, 0.29) is 24.1 Å². The van der Waals surface area contributed by atoms with Crippen molar-refractivity contribution in [2.75, 3.05) is 18.1 Å². The van der Waals surface area contributed by atoms with E-state index < -0.39 is 0 Å². The zero-order valence-corrected chi connectivity index (χ0v) is 11.5. The maximum Gasteiger partial charge on any atom is 0.166 e. The summed E-state index contributed by atoms with van der Waals surface area (Å²) in [6.07, 6.45) is -0.132. The summed E-state index contributed by atoms with van der Waals surface area (Å²) in [5, 5.41) is 0. The first-order chi connectivity index (χ1) is 8.16. The van der Waals surface area contributed by atoms with Crippen molar-refractivity contribution in [1.29, 1.82) is 0 Å². The van der Waals surface area contributed by atoms with Crippen LogP contribution in [0.1, 0.15) is 5.56 Å². The lowest BCUT2D eigenvalue weighted by atomic mass is 10.1. The van der Waals surface area contributed by atoms with Gasteiger partial charge in [0.15, 0.2) is 5.78 Å². The van der Waals surface area contributed by atoms with E-state index in [0.29, 0.717) is 17.9 Å². The molecule has 0 spiro atoms. The van der Waals surface area contributed by atoms with Crippen LogP contribution in [0.15, 0.2) is 22.7 Å². The molecule has 2 rings (SSSR count). The number of carbonyl (C=O) groups is 1. The van der Waals surface area contributed by atoms with Crippen molar-refractivity contribution in [3.8, 4) is 0 Å². The van der Waals surface area contributed by atoms with Crippen molar-refractivity contribution in [1.82, 2.24) is 0 Å². The number of ether oxygens (including phenoxy) is 1. The summed E-state index contributed by atoms with van der Waals surface area (Å²) in [5.74, 6) is 1.33. The molecular weight excluding hydrogens is 307 g/mol. The molecule has 1 aliphatic rings. The van der Waals surface area contributed by atoms with Gasteiger partial charge in [-0.3, -0.25) is 4.79 Å². The maximum absolute atomic E-state index is 13.1. The lowest BCUT2D eigenvalue weighted by Crippen LogP contribution is -2.32. The topological polar surface area (TPSA) is 26.3 Å². The number of rotatable bonds is 3. The summed E-state index contributed by atoms with van der Waals surface area (Å²) in [6, 6.07) is 4.37. The Balaban J connectivity index is 2.04. The Kier molecular flexibility index (Phi) is 4.59. The average Bonchev–Trinajstić information content (AvgIpc) is 2.35. The summed E-state index contributed by atoms with van der Waals surface area (Å²) in [6.45, 7) is 0.616. The van der Waals surface area contributed by atoms with Gasteiger partial charge >= 0.3 is 0 Å². The van der Waals surface area contributed by atoms with E-state index in [0.717, 1.165) is 10.2 Å². The summed E-state index contributed by atoms with van der Waals surface area (Å²) in [7, 11) is 0. The van der Waals surface area contributed by atoms with Crippen molar-refractivity contribution in [2.45, 2.75) is 12.5 Å². The molecule has 0 aromatic heterocycles. The largest absolute Gasteiger partial charge is 0.369 e. The van der Waals surface area contributed by atoms with Gasteiger partial charge < -0.3 is 4.74 Å². The smallest absolute Gasteiger partial charge is 0.166 e. The van der Waals surface area contributed by atoms with Crippen LogP contribution in [0.3, 0.4) is 0 Å². The first kappa shape index (κ1) is 13.1. The molecule has 1 aliphatic heterocycles. The Morgan fingerprint density at radius 3 is 3.12 bits per heavy atom. The van der Waals surface area contributed by atoms with Crippen LogP contribution in [0, 0.1) is 5.82 Å². The van der Waals surface area contributed by atoms with E-state index in [1.165, 1.54) is 12.1 Å². The van der Waals surface area contributed by atoms with E-state index in [9.17, 15) is 9.18 Å². The highest BCUT2D eigenvalue weighted by atomic mass is 79.9. The Morgan fingerprint density at radius 1 is 1.59 bits per heavy atom. The standard InChI is InChI=1S/C12H12BrFO2S/c13-10-2-1-9(14)5-8(10)6-11(15)12-7-17-4-3-16-12/h1-2,5,12H,3-4,6-7H2. The molecular formula is C12H12BrFO2S. The molecule has 0 aliphatic carbocycles. The first-order valence-corrected chi connectivity index (χ1v) is 7.27. The first-order valence-electron chi connectivity index (χ1n) is 5.33. The SMILES string of the molecule is O=C(Cc1cc(F)ccc1Br)C1CSCCO1. The molecule has 1 aromatic carbocycles. The highest BCUT2D eigenvalue weighted by molar-refractivity contribution is 9.10. The fourth-order valence-electron chi connectivity index (χ4n) is 1.65. The number of thioether (sulfide) groups is 1. The number of benzene rings is 1. The van der Waals surface area contributed by atoms with Gasteiger partial charge in [-0.25, -0.2) is 4.39 Å². The number of ketones is 1. The van der Waals surface area contributed by atoms with Gasteiger partial charge in [0.2, 0.25) is 0 Å². The third-order valence-electron chi connectivity index (χ3n) is 2.55. The van der Waals surface area contributed by atoms with E-state index in [1.807, 2.05) is 0 Å². The molecule has 0 radical (unpaired) electrons. The van der Waals surface area contributed by atoms with Crippen molar-refractivity contribution < 1.29 is 13.9 Å². The van der Waals surface area contributed by atoms with Crippen LogP contribution in [0.25, 0.3) is 0 Å². The second-order valence-electron chi connectivity index (χ2n) is 3.81. The van der Waals surface area contributed by atoms with Crippen molar-refractivity contribution in [3.05, 3.63) is 34.1 Å². The zero-order chi connectivity index (χ0) is 12.3. The molecule has 1 saturated heterocycles. The van der Waals surface area contributed by atoms with E-state index in [4.69, 9.17) is 4.74 Å². The third kappa shape index (κ3) is 3.53. The lowest BCUT2D eigenvalue weighted by Gasteiger charge is -2.21. The molecule has 0 bridgehead atoms. The van der Waals surface area contributed by atoms with Crippen LogP contribution in [0.2, 0.25) is 0 Å². The highest BCUT2D eigenvalue weighted by Gasteiger charge is 2.22. The van der Waals surface area contributed by atoms with Crippen molar-refractivity contribution >= 4 is 33.5 Å². The Morgan fingerprint density at radius 2 is 2.41 bits per heavy atom. The molecule has 92 valence electrons. The summed E-state index contributed by atoms with van der Waals surface area (Å²) in [5.41, 5.74) is 0.675. The number of hydrogen-bond acceptors (Lipinski definition) is 3. The number of carbonyl (C=O) groups excluding carboxylic acids is 1. The van der Waals surface area contributed by atoms with Crippen LogP contribution in [0.4, 0.5) is 4.39 Å². The van der Waals surface area contributed by atoms with Crippen LogP contribution in [-0.4, -0.2) is 30.0 Å². The van der Waals surface area contributed by atoms with Gasteiger partial charge in [-0.1, -0.05) is 15.9 Å². The summed E-state index contributed by atoms with van der Waals surface area (Å²) < 4.78 is 19.2. The zero-order valence-electron chi connectivity index (χ0n) is 9.12. The lowest BCUT2D eigenvalue weighted by molar-refractivity contribution is -0.128. The van der Waals surface area contributed by atoms with Gasteiger partial charge in [0, 0.05) is 22.4 Å². The second-order valence-corrected chi connectivity index (χ2v) is 5.82. The molecule has 0 saturated carbocycles. The van der Waals surface area contributed by atoms with Crippen LogP contribution in [-0.2, 0) is 16.0 Å². The Bertz CT molecular complexity index is 419. The van der Waals surface area contributed by atoms with Gasteiger partial charge in [-0.15, -0.1) is 0 Å². The molecule has 17 heavy (non-hydrogen) atoms. The van der Waals surface area contributed by atoms with Gasteiger partial charge in [-0.05, 0) is 23.8 Å². The highest BCUT2D eigenvalue weighted by Crippen LogP contribution is 2.21. The molecule has 1 heterocycles. The normalized spacial score (nSPS) is 20.2. The fraction of sp³-hybridized carbons (Fsp3) is 0.417. The predicted molar refractivity (Wildman–Crippen MR) is 69.9 cm³/mol. The molecule has 0 N–H and O–H groups in total. The van der Waals surface area contributed by atoms with Gasteiger partial charge in [0.1, 0.15) is 11.9 Å².